The predicted molar refractivity (Wildman–Crippen MR) is 61.1 cm³/mol. The summed E-state index contributed by atoms with van der Waals surface area (Å²) in [4.78, 5) is 0. The molecule has 0 aromatic heterocycles. The lowest BCUT2D eigenvalue weighted by Gasteiger charge is -2.11. The van der Waals surface area contributed by atoms with Gasteiger partial charge in [0.05, 0.1) is 5.56 Å². The monoisotopic (exact) mass is 295 g/mol. The first-order valence-corrected chi connectivity index (χ1v) is 5.80. The highest BCUT2D eigenvalue weighted by Crippen LogP contribution is 2.31. The molecule has 1 aromatic carbocycles. The minimum absolute atomic E-state index is 0.443. The molecule has 0 aliphatic rings. The lowest BCUT2D eigenvalue weighted by molar-refractivity contribution is -0.137. The van der Waals surface area contributed by atoms with Crippen LogP contribution in [0, 0.1) is 0 Å². The van der Waals surface area contributed by atoms with Gasteiger partial charge in [-0.25, -0.2) is 0 Å². The van der Waals surface area contributed by atoms with Crippen LogP contribution in [0.4, 0.5) is 13.2 Å². The Morgan fingerprint density at radius 1 is 1.31 bits per heavy atom. The van der Waals surface area contributed by atoms with Gasteiger partial charge < -0.3 is 5.32 Å². The SMILES string of the molecule is CCCNCc1cc(C(F)(F)F)ccc1Br. The first kappa shape index (κ1) is 13.5. The summed E-state index contributed by atoms with van der Waals surface area (Å²) in [5.74, 6) is 0. The second-order valence-corrected chi connectivity index (χ2v) is 4.34. The second-order valence-electron chi connectivity index (χ2n) is 3.48. The number of nitrogens with one attached hydrogen (secondary N) is 1. The van der Waals surface area contributed by atoms with Crippen LogP contribution in [0.25, 0.3) is 0 Å². The third kappa shape index (κ3) is 3.79. The van der Waals surface area contributed by atoms with Crippen molar-refractivity contribution in [3.05, 3.63) is 33.8 Å². The van der Waals surface area contributed by atoms with E-state index in [0.29, 0.717) is 16.6 Å². The Morgan fingerprint density at radius 3 is 2.56 bits per heavy atom. The molecule has 0 saturated carbocycles. The van der Waals surface area contributed by atoms with Crippen LogP contribution in [-0.2, 0) is 12.7 Å². The van der Waals surface area contributed by atoms with E-state index < -0.39 is 11.7 Å². The summed E-state index contributed by atoms with van der Waals surface area (Å²) in [6.45, 7) is 3.25. The number of hydrogen-bond acceptors (Lipinski definition) is 1. The van der Waals surface area contributed by atoms with Crippen LogP contribution in [0.3, 0.4) is 0 Å². The van der Waals surface area contributed by atoms with Crippen molar-refractivity contribution < 1.29 is 13.2 Å². The highest BCUT2D eigenvalue weighted by Gasteiger charge is 2.30. The molecule has 0 heterocycles. The first-order valence-electron chi connectivity index (χ1n) is 5.01. The van der Waals surface area contributed by atoms with E-state index in [-0.39, 0.29) is 0 Å². The standard InChI is InChI=1S/C11H13BrF3N/c1-2-5-16-7-8-6-9(11(13,14)15)3-4-10(8)12/h3-4,6,16H,2,5,7H2,1H3. The van der Waals surface area contributed by atoms with Crippen molar-refractivity contribution in [1.82, 2.24) is 5.32 Å². The molecule has 1 aromatic rings. The number of rotatable bonds is 4. The molecule has 0 aliphatic carbocycles. The maximum absolute atomic E-state index is 12.5. The van der Waals surface area contributed by atoms with E-state index in [1.165, 1.54) is 12.1 Å². The van der Waals surface area contributed by atoms with Crippen LogP contribution in [0.1, 0.15) is 24.5 Å². The minimum Gasteiger partial charge on any atom is -0.313 e. The van der Waals surface area contributed by atoms with Gasteiger partial charge in [-0.2, -0.15) is 13.2 Å². The fourth-order valence-electron chi connectivity index (χ4n) is 1.29. The Labute approximate surface area is 101 Å². The zero-order valence-electron chi connectivity index (χ0n) is 8.87. The predicted octanol–water partition coefficient (Wildman–Crippen LogP) is 3.97. The summed E-state index contributed by atoms with van der Waals surface area (Å²) in [7, 11) is 0. The molecule has 16 heavy (non-hydrogen) atoms. The van der Waals surface area contributed by atoms with Gasteiger partial charge >= 0.3 is 6.18 Å². The van der Waals surface area contributed by atoms with E-state index >= 15 is 0 Å². The third-order valence-corrected chi connectivity index (χ3v) is 2.89. The summed E-state index contributed by atoms with van der Waals surface area (Å²) in [6.07, 6.45) is -3.32. The molecule has 0 amide bonds. The van der Waals surface area contributed by atoms with E-state index in [0.717, 1.165) is 19.0 Å². The van der Waals surface area contributed by atoms with Crippen molar-refractivity contribution in [2.24, 2.45) is 0 Å². The summed E-state index contributed by atoms with van der Waals surface area (Å²) >= 11 is 3.24. The fourth-order valence-corrected chi connectivity index (χ4v) is 1.67. The highest BCUT2D eigenvalue weighted by atomic mass is 79.9. The molecule has 0 radical (unpaired) electrons. The van der Waals surface area contributed by atoms with Gasteiger partial charge in [0.15, 0.2) is 0 Å². The van der Waals surface area contributed by atoms with Gasteiger partial charge in [-0.1, -0.05) is 22.9 Å². The van der Waals surface area contributed by atoms with Crippen molar-refractivity contribution in [2.45, 2.75) is 26.1 Å². The molecule has 1 nitrogen and oxygen atoms in total. The first-order chi connectivity index (χ1) is 7.45. The number of benzene rings is 1. The Balaban J connectivity index is 2.83. The Bertz CT molecular complexity index is 350. The van der Waals surface area contributed by atoms with Gasteiger partial charge in [-0.3, -0.25) is 0 Å². The van der Waals surface area contributed by atoms with Crippen LogP contribution in [-0.4, -0.2) is 6.54 Å². The van der Waals surface area contributed by atoms with Crippen LogP contribution >= 0.6 is 15.9 Å². The topological polar surface area (TPSA) is 12.0 Å². The third-order valence-electron chi connectivity index (χ3n) is 2.12. The van der Waals surface area contributed by atoms with E-state index in [2.05, 4.69) is 21.2 Å². The van der Waals surface area contributed by atoms with Crippen molar-refractivity contribution >= 4 is 15.9 Å². The van der Waals surface area contributed by atoms with Crippen molar-refractivity contribution in [2.75, 3.05) is 6.54 Å². The average molecular weight is 296 g/mol. The molecule has 5 heteroatoms. The Kier molecular flexibility index (Phi) is 4.80. The van der Waals surface area contributed by atoms with Crippen molar-refractivity contribution in [1.29, 1.82) is 0 Å². The molecule has 0 spiro atoms. The largest absolute Gasteiger partial charge is 0.416 e. The zero-order chi connectivity index (χ0) is 12.2. The molecule has 1 rings (SSSR count). The van der Waals surface area contributed by atoms with Crippen LogP contribution < -0.4 is 5.32 Å². The Morgan fingerprint density at radius 2 is 2.00 bits per heavy atom. The summed E-state index contributed by atoms with van der Waals surface area (Å²) in [5.41, 5.74) is 0.0206. The van der Waals surface area contributed by atoms with Gasteiger partial charge in [-0.05, 0) is 36.7 Å². The fraction of sp³-hybridized carbons (Fsp3) is 0.455. The van der Waals surface area contributed by atoms with Gasteiger partial charge in [0, 0.05) is 11.0 Å². The second kappa shape index (κ2) is 5.68. The van der Waals surface area contributed by atoms with Crippen LogP contribution in [0.15, 0.2) is 22.7 Å². The summed E-state index contributed by atoms with van der Waals surface area (Å²) < 4.78 is 38.1. The van der Waals surface area contributed by atoms with Gasteiger partial charge in [0.1, 0.15) is 0 Å². The molecule has 0 fully saturated rings. The zero-order valence-corrected chi connectivity index (χ0v) is 10.5. The van der Waals surface area contributed by atoms with Crippen molar-refractivity contribution in [3.63, 3.8) is 0 Å². The number of halogens is 4. The molecular formula is C11H13BrF3N. The number of alkyl halides is 3. The van der Waals surface area contributed by atoms with Crippen LogP contribution in [0.5, 0.6) is 0 Å². The summed E-state index contributed by atoms with van der Waals surface area (Å²) in [6, 6.07) is 3.69. The molecule has 90 valence electrons. The highest BCUT2D eigenvalue weighted by molar-refractivity contribution is 9.10. The molecule has 1 N–H and O–H groups in total. The quantitative estimate of drug-likeness (QED) is 0.829. The molecule has 0 bridgehead atoms. The smallest absolute Gasteiger partial charge is 0.313 e. The van der Waals surface area contributed by atoms with E-state index in [1.807, 2.05) is 6.92 Å². The minimum atomic E-state index is -4.28. The average Bonchev–Trinajstić information content (AvgIpc) is 2.19. The summed E-state index contributed by atoms with van der Waals surface area (Å²) in [5, 5.41) is 3.07. The molecular weight excluding hydrogens is 283 g/mol. The van der Waals surface area contributed by atoms with Gasteiger partial charge in [0.25, 0.3) is 0 Å². The lowest BCUT2D eigenvalue weighted by Crippen LogP contribution is -2.15. The maximum Gasteiger partial charge on any atom is 0.416 e. The van der Waals surface area contributed by atoms with E-state index in [4.69, 9.17) is 0 Å². The molecule has 0 saturated heterocycles. The number of hydrogen-bond donors (Lipinski definition) is 1. The molecule has 0 aliphatic heterocycles. The van der Waals surface area contributed by atoms with E-state index in [1.54, 1.807) is 0 Å². The van der Waals surface area contributed by atoms with Gasteiger partial charge in [0.2, 0.25) is 0 Å². The molecule has 0 atom stereocenters. The maximum atomic E-state index is 12.5. The van der Waals surface area contributed by atoms with Crippen molar-refractivity contribution in [3.8, 4) is 0 Å². The van der Waals surface area contributed by atoms with Crippen LogP contribution in [0.2, 0.25) is 0 Å². The normalized spacial score (nSPS) is 11.8. The van der Waals surface area contributed by atoms with E-state index in [9.17, 15) is 13.2 Å². The van der Waals surface area contributed by atoms with Gasteiger partial charge in [-0.15, -0.1) is 0 Å². The lowest BCUT2D eigenvalue weighted by atomic mass is 10.1. The Hall–Kier alpha value is -0.550. The molecule has 0 unspecified atom stereocenters.